The van der Waals surface area contributed by atoms with Crippen LogP contribution in [0.4, 0.5) is 11.4 Å². The van der Waals surface area contributed by atoms with E-state index in [9.17, 15) is 4.79 Å². The van der Waals surface area contributed by atoms with Crippen LogP contribution in [0.5, 0.6) is 0 Å². The maximum Gasteiger partial charge on any atom is 0.340 e. The summed E-state index contributed by atoms with van der Waals surface area (Å²) in [6.45, 7) is 6.35. The minimum absolute atomic E-state index is 0.285. The summed E-state index contributed by atoms with van der Waals surface area (Å²) in [4.78, 5) is 14.3. The molecule has 0 radical (unpaired) electrons. The van der Waals surface area contributed by atoms with Crippen LogP contribution in [-0.4, -0.2) is 25.7 Å². The molecule has 0 bridgehead atoms. The highest BCUT2D eigenvalue weighted by atomic mass is 16.5. The van der Waals surface area contributed by atoms with E-state index in [1.807, 2.05) is 19.1 Å². The number of hydrogen-bond donors (Lipinski definition) is 1. The Morgan fingerprint density at radius 2 is 2.05 bits per heavy atom. The molecule has 4 heteroatoms. The fraction of sp³-hybridized carbons (Fsp3) is 0.562. The molecular formula is C16H24N2O2. The van der Waals surface area contributed by atoms with Crippen LogP contribution in [0.25, 0.3) is 0 Å². The predicted octanol–water partition coefficient (Wildman–Crippen LogP) is 3.07. The highest BCUT2D eigenvalue weighted by molar-refractivity contribution is 5.99. The van der Waals surface area contributed by atoms with Gasteiger partial charge in [0.25, 0.3) is 0 Å². The highest BCUT2D eigenvalue weighted by Crippen LogP contribution is 2.32. The number of esters is 1. The Balaban J connectivity index is 2.24. The van der Waals surface area contributed by atoms with E-state index < -0.39 is 0 Å². The first-order valence-electron chi connectivity index (χ1n) is 7.47. The molecule has 1 aromatic carbocycles. The Morgan fingerprint density at radius 3 is 2.65 bits per heavy atom. The average Bonchev–Trinajstić information content (AvgIpc) is 2.47. The number of rotatable bonds is 4. The van der Waals surface area contributed by atoms with Crippen molar-refractivity contribution in [1.82, 2.24) is 0 Å². The van der Waals surface area contributed by atoms with Crippen molar-refractivity contribution >= 4 is 17.3 Å². The zero-order valence-electron chi connectivity index (χ0n) is 12.4. The van der Waals surface area contributed by atoms with Crippen LogP contribution in [0.3, 0.4) is 0 Å². The molecule has 0 atom stereocenters. The van der Waals surface area contributed by atoms with Gasteiger partial charge in [-0.2, -0.15) is 0 Å². The Kier molecular flexibility index (Phi) is 4.88. The average molecular weight is 276 g/mol. The molecule has 1 aliphatic heterocycles. The highest BCUT2D eigenvalue weighted by Gasteiger charge is 2.24. The smallest absolute Gasteiger partial charge is 0.340 e. The number of nitrogen functional groups attached to an aromatic ring is 1. The van der Waals surface area contributed by atoms with Gasteiger partial charge in [-0.1, -0.05) is 19.4 Å². The number of nitrogens with zero attached hydrogens (tertiary/aromatic N) is 1. The van der Waals surface area contributed by atoms with Gasteiger partial charge >= 0.3 is 5.97 Å². The molecule has 0 amide bonds. The van der Waals surface area contributed by atoms with Gasteiger partial charge in [0.2, 0.25) is 0 Å². The second kappa shape index (κ2) is 6.64. The van der Waals surface area contributed by atoms with Gasteiger partial charge in [0.15, 0.2) is 0 Å². The van der Waals surface area contributed by atoms with E-state index in [-0.39, 0.29) is 5.97 Å². The van der Waals surface area contributed by atoms with E-state index in [0.717, 1.165) is 37.5 Å². The van der Waals surface area contributed by atoms with Crippen molar-refractivity contribution in [3.8, 4) is 0 Å². The zero-order chi connectivity index (χ0) is 14.5. The molecule has 1 saturated heterocycles. The summed E-state index contributed by atoms with van der Waals surface area (Å²) in [6, 6.07) is 5.46. The van der Waals surface area contributed by atoms with Crippen LogP contribution in [0.1, 0.15) is 43.5 Å². The number of anilines is 2. The minimum atomic E-state index is -0.285. The van der Waals surface area contributed by atoms with Gasteiger partial charge in [-0.15, -0.1) is 0 Å². The van der Waals surface area contributed by atoms with Crippen molar-refractivity contribution in [3.63, 3.8) is 0 Å². The molecule has 2 rings (SSSR count). The molecule has 0 aromatic heterocycles. The number of carbonyl (C=O) groups excluding carboxylic acids is 1. The molecule has 0 saturated carbocycles. The first-order chi connectivity index (χ1) is 9.67. The van der Waals surface area contributed by atoms with Gasteiger partial charge in [-0.25, -0.2) is 4.79 Å². The Labute approximate surface area is 120 Å². The number of nitrogens with two attached hydrogens (primary N) is 1. The van der Waals surface area contributed by atoms with E-state index in [1.54, 1.807) is 6.07 Å². The van der Waals surface area contributed by atoms with Crippen LogP contribution in [0.15, 0.2) is 18.2 Å². The molecule has 20 heavy (non-hydrogen) atoms. The molecule has 1 heterocycles. The summed E-state index contributed by atoms with van der Waals surface area (Å²) >= 11 is 0. The van der Waals surface area contributed by atoms with Gasteiger partial charge in [0.1, 0.15) is 0 Å². The molecule has 4 nitrogen and oxygen atoms in total. The lowest BCUT2D eigenvalue weighted by Crippen LogP contribution is -2.35. The lowest BCUT2D eigenvalue weighted by Gasteiger charge is -2.34. The Hall–Kier alpha value is -1.71. The predicted molar refractivity (Wildman–Crippen MR) is 82.0 cm³/mol. The van der Waals surface area contributed by atoms with Crippen molar-refractivity contribution in [3.05, 3.63) is 23.8 Å². The molecule has 0 unspecified atom stereocenters. The lowest BCUT2D eigenvalue weighted by molar-refractivity contribution is 0.0527. The van der Waals surface area contributed by atoms with E-state index in [1.165, 1.54) is 6.42 Å². The molecule has 1 aromatic rings. The number of para-hydroxylation sites is 1. The Morgan fingerprint density at radius 1 is 1.35 bits per heavy atom. The normalized spacial score (nSPS) is 16.2. The zero-order valence-corrected chi connectivity index (χ0v) is 12.4. The van der Waals surface area contributed by atoms with Crippen LogP contribution in [-0.2, 0) is 4.74 Å². The van der Waals surface area contributed by atoms with Gasteiger partial charge in [0.05, 0.1) is 23.5 Å². The minimum Gasteiger partial charge on any atom is -0.462 e. The maximum absolute atomic E-state index is 12.1. The summed E-state index contributed by atoms with van der Waals surface area (Å²) in [5.74, 6) is 0.509. The van der Waals surface area contributed by atoms with Gasteiger partial charge in [-0.3, -0.25) is 0 Å². The van der Waals surface area contributed by atoms with E-state index in [0.29, 0.717) is 17.9 Å². The number of benzene rings is 1. The van der Waals surface area contributed by atoms with E-state index in [4.69, 9.17) is 10.5 Å². The van der Waals surface area contributed by atoms with Crippen LogP contribution in [0, 0.1) is 5.92 Å². The fourth-order valence-electron chi connectivity index (χ4n) is 2.85. The molecule has 110 valence electrons. The largest absolute Gasteiger partial charge is 0.462 e. The fourth-order valence-corrected chi connectivity index (χ4v) is 2.85. The summed E-state index contributed by atoms with van der Waals surface area (Å²) in [6.07, 6.45) is 3.54. The van der Waals surface area contributed by atoms with Crippen LogP contribution in [0.2, 0.25) is 0 Å². The number of piperidine rings is 1. The summed E-state index contributed by atoms with van der Waals surface area (Å²) in [5, 5.41) is 0. The first kappa shape index (κ1) is 14.7. The summed E-state index contributed by atoms with van der Waals surface area (Å²) in [5.41, 5.74) is 8.19. The van der Waals surface area contributed by atoms with Crippen molar-refractivity contribution in [2.24, 2.45) is 5.92 Å². The first-order valence-corrected chi connectivity index (χ1v) is 7.47. The third-order valence-corrected chi connectivity index (χ3v) is 4.07. The molecule has 0 aliphatic carbocycles. The summed E-state index contributed by atoms with van der Waals surface area (Å²) in [7, 11) is 0. The standard InChI is InChI=1S/C16H24N2O2/c1-3-12-8-10-18(11-9-12)15-13(16(19)20-4-2)6-5-7-14(15)17/h5-7,12H,3-4,8-11,17H2,1-2H3. The van der Waals surface area contributed by atoms with Gasteiger partial charge in [0, 0.05) is 13.1 Å². The number of ether oxygens (including phenoxy) is 1. The quantitative estimate of drug-likeness (QED) is 0.678. The van der Waals surface area contributed by atoms with Crippen molar-refractivity contribution in [2.45, 2.75) is 33.1 Å². The Bertz CT molecular complexity index is 466. The monoisotopic (exact) mass is 276 g/mol. The third-order valence-electron chi connectivity index (χ3n) is 4.07. The number of carbonyl (C=O) groups is 1. The third kappa shape index (κ3) is 3.06. The van der Waals surface area contributed by atoms with Gasteiger partial charge in [-0.05, 0) is 37.8 Å². The molecule has 0 spiro atoms. The van der Waals surface area contributed by atoms with E-state index >= 15 is 0 Å². The number of hydrogen-bond acceptors (Lipinski definition) is 4. The second-order valence-electron chi connectivity index (χ2n) is 5.30. The van der Waals surface area contributed by atoms with Crippen molar-refractivity contribution in [1.29, 1.82) is 0 Å². The van der Waals surface area contributed by atoms with Gasteiger partial charge < -0.3 is 15.4 Å². The second-order valence-corrected chi connectivity index (χ2v) is 5.30. The van der Waals surface area contributed by atoms with Crippen molar-refractivity contribution in [2.75, 3.05) is 30.3 Å². The molecular weight excluding hydrogens is 252 g/mol. The van der Waals surface area contributed by atoms with Crippen molar-refractivity contribution < 1.29 is 9.53 Å². The summed E-state index contributed by atoms with van der Waals surface area (Å²) < 4.78 is 5.14. The van der Waals surface area contributed by atoms with Crippen LogP contribution < -0.4 is 10.6 Å². The lowest BCUT2D eigenvalue weighted by atomic mass is 9.93. The molecule has 1 aliphatic rings. The molecule has 2 N–H and O–H groups in total. The topological polar surface area (TPSA) is 55.6 Å². The SMILES string of the molecule is CCOC(=O)c1cccc(N)c1N1CCC(CC)CC1. The molecule has 1 fully saturated rings. The van der Waals surface area contributed by atoms with Crippen LogP contribution >= 0.6 is 0 Å². The maximum atomic E-state index is 12.1. The van der Waals surface area contributed by atoms with E-state index in [2.05, 4.69) is 11.8 Å².